The molecule has 4 atom stereocenters. The molecule has 0 aliphatic heterocycles. The van der Waals surface area contributed by atoms with Gasteiger partial charge in [0.2, 0.25) is 11.8 Å². The van der Waals surface area contributed by atoms with E-state index in [0.717, 1.165) is 21.9 Å². The highest BCUT2D eigenvalue weighted by molar-refractivity contribution is 5.93. The van der Waals surface area contributed by atoms with Crippen molar-refractivity contribution in [3.05, 3.63) is 164 Å². The quantitative estimate of drug-likeness (QED) is 0.0491. The number of hydrogen-bond acceptors (Lipinski definition) is 10. The van der Waals surface area contributed by atoms with E-state index in [4.69, 9.17) is 22.9 Å². The third-order valence-corrected chi connectivity index (χ3v) is 11.0. The predicted octanol–water partition coefficient (Wildman–Crippen LogP) is 3.65. The maximum Gasteiger partial charge on any atom is 0.252 e. The van der Waals surface area contributed by atoms with Crippen molar-refractivity contribution in [2.45, 2.75) is 88.4 Å². The van der Waals surface area contributed by atoms with E-state index >= 15 is 0 Å². The van der Waals surface area contributed by atoms with Crippen LogP contribution in [0.2, 0.25) is 0 Å². The van der Waals surface area contributed by atoms with E-state index in [-0.39, 0.29) is 47.3 Å². The molecule has 0 bridgehead atoms. The number of aromatic amines is 2. The van der Waals surface area contributed by atoms with Crippen molar-refractivity contribution in [2.24, 2.45) is 22.9 Å². The monoisotopic (exact) mass is 868 g/mol. The number of Topliss-reactive ketones (excluding diaryl/α,β-unsaturated/α-hetero) is 2. The number of benzene rings is 4. The van der Waals surface area contributed by atoms with E-state index in [1.165, 1.54) is 0 Å². The minimum atomic E-state index is -0.738. The van der Waals surface area contributed by atoms with E-state index in [1.54, 1.807) is 12.1 Å². The van der Waals surface area contributed by atoms with Gasteiger partial charge in [-0.15, -0.1) is 0 Å². The van der Waals surface area contributed by atoms with Crippen LogP contribution in [0.1, 0.15) is 60.8 Å². The Morgan fingerprint density at radius 1 is 0.500 bits per heavy atom. The fraction of sp³-hybridized carbons (Fsp3) is 0.320. The standard InChI is InChI=1S/2C25H30N4O3/c2*26-14-6-10-20(27)25(32)29-22(13-12-17-7-2-1-3-8-17)23(30)16-19-15-18-9-4-5-11-21(18)28-24(19)31/h2*1-5,7-9,11,15,20,22H,6,10,12-14,16,26-27H2,(H,28,31)(H,29,32)/t2*20-,22+/m00/s1. The molecule has 14 heteroatoms. The van der Waals surface area contributed by atoms with Gasteiger partial charge in [0.05, 0.1) is 24.2 Å². The molecule has 0 spiro atoms. The number of nitrogens with one attached hydrogen (secondary N) is 4. The topological polar surface area (TPSA) is 262 Å². The largest absolute Gasteiger partial charge is 0.345 e. The summed E-state index contributed by atoms with van der Waals surface area (Å²) in [6, 6.07) is 34.8. The summed E-state index contributed by atoms with van der Waals surface area (Å²) >= 11 is 0. The second-order valence-electron chi connectivity index (χ2n) is 16.0. The number of nitrogens with two attached hydrogens (primary N) is 4. The van der Waals surface area contributed by atoms with Crippen LogP contribution < -0.4 is 44.7 Å². The molecule has 64 heavy (non-hydrogen) atoms. The molecule has 6 aromatic rings. The Bertz CT molecular complexity index is 2400. The Labute approximate surface area is 372 Å². The zero-order chi connectivity index (χ0) is 45.8. The number of hydrogen-bond donors (Lipinski definition) is 8. The Hall–Kier alpha value is -6.58. The minimum absolute atomic E-state index is 0.0715. The summed E-state index contributed by atoms with van der Waals surface area (Å²) in [6.45, 7) is 0.893. The van der Waals surface area contributed by atoms with Crippen LogP contribution in [0.5, 0.6) is 0 Å². The average Bonchev–Trinajstić information content (AvgIpc) is 3.31. The van der Waals surface area contributed by atoms with E-state index in [0.29, 0.717) is 86.6 Å². The molecular formula is C50H60N8O6. The first-order valence-electron chi connectivity index (χ1n) is 21.8. The van der Waals surface area contributed by atoms with E-state index in [9.17, 15) is 28.8 Å². The number of para-hydroxylation sites is 2. The maximum atomic E-state index is 13.2. The highest BCUT2D eigenvalue weighted by atomic mass is 16.2. The van der Waals surface area contributed by atoms with Crippen LogP contribution in [0.15, 0.2) is 131 Å². The highest BCUT2D eigenvalue weighted by Crippen LogP contribution is 2.15. The number of H-pyrrole nitrogens is 2. The molecule has 4 aromatic carbocycles. The number of pyridine rings is 2. The van der Waals surface area contributed by atoms with Crippen molar-refractivity contribution >= 4 is 45.2 Å². The molecule has 0 saturated heterocycles. The lowest BCUT2D eigenvalue weighted by atomic mass is 9.97. The van der Waals surface area contributed by atoms with Crippen molar-refractivity contribution in [2.75, 3.05) is 13.1 Å². The van der Waals surface area contributed by atoms with Gasteiger partial charge in [-0.2, -0.15) is 0 Å². The van der Waals surface area contributed by atoms with E-state index in [1.807, 2.05) is 109 Å². The number of ketones is 2. The number of carbonyl (C=O) groups excluding carboxylic acids is 4. The number of fused-ring (bicyclic) bond motifs is 2. The zero-order valence-electron chi connectivity index (χ0n) is 36.1. The fourth-order valence-corrected chi connectivity index (χ4v) is 7.30. The third kappa shape index (κ3) is 14.8. The van der Waals surface area contributed by atoms with Gasteiger partial charge >= 0.3 is 0 Å². The molecule has 0 unspecified atom stereocenters. The van der Waals surface area contributed by atoms with Crippen LogP contribution in [0.25, 0.3) is 21.8 Å². The number of rotatable bonds is 22. The van der Waals surface area contributed by atoms with Gasteiger partial charge in [-0.05, 0) is 111 Å². The fourth-order valence-electron chi connectivity index (χ4n) is 7.30. The molecule has 0 fully saturated rings. The van der Waals surface area contributed by atoms with Gasteiger partial charge in [0.1, 0.15) is 0 Å². The molecule has 2 aromatic heterocycles. The Kier molecular flexibility index (Phi) is 18.9. The number of amides is 2. The average molecular weight is 869 g/mol. The molecule has 2 amide bonds. The normalized spacial score (nSPS) is 12.9. The molecule has 336 valence electrons. The van der Waals surface area contributed by atoms with Gasteiger partial charge in [-0.25, -0.2) is 0 Å². The second kappa shape index (κ2) is 24.9. The molecule has 12 N–H and O–H groups in total. The number of carbonyl (C=O) groups is 4. The van der Waals surface area contributed by atoms with Crippen LogP contribution in [-0.4, -0.2) is 70.6 Å². The second-order valence-corrected chi connectivity index (χ2v) is 16.0. The molecule has 6 rings (SSSR count). The smallest absolute Gasteiger partial charge is 0.252 e. The predicted molar refractivity (Wildman–Crippen MR) is 252 cm³/mol. The lowest BCUT2D eigenvalue weighted by Crippen LogP contribution is -2.49. The molecule has 0 aliphatic carbocycles. The van der Waals surface area contributed by atoms with Crippen molar-refractivity contribution in [1.82, 2.24) is 20.6 Å². The molecule has 14 nitrogen and oxygen atoms in total. The Morgan fingerprint density at radius 2 is 0.859 bits per heavy atom. The molecule has 2 heterocycles. The lowest BCUT2D eigenvalue weighted by Gasteiger charge is -2.20. The molecule has 0 saturated carbocycles. The van der Waals surface area contributed by atoms with Gasteiger partial charge in [-0.3, -0.25) is 28.8 Å². The third-order valence-electron chi connectivity index (χ3n) is 11.0. The number of aryl methyl sites for hydroxylation is 2. The summed E-state index contributed by atoms with van der Waals surface area (Å²) in [4.78, 5) is 82.1. The zero-order valence-corrected chi connectivity index (χ0v) is 36.1. The first kappa shape index (κ1) is 48.5. The highest BCUT2D eigenvalue weighted by Gasteiger charge is 2.26. The van der Waals surface area contributed by atoms with Crippen molar-refractivity contribution in [3.8, 4) is 0 Å². The summed E-state index contributed by atoms with van der Waals surface area (Å²) in [7, 11) is 0. The van der Waals surface area contributed by atoms with Crippen molar-refractivity contribution in [3.63, 3.8) is 0 Å². The van der Waals surface area contributed by atoms with Gasteiger partial charge in [0.15, 0.2) is 11.6 Å². The van der Waals surface area contributed by atoms with Crippen molar-refractivity contribution in [1.29, 1.82) is 0 Å². The summed E-state index contributed by atoms with van der Waals surface area (Å²) in [5.74, 6) is -1.20. The number of aromatic nitrogens is 2. The lowest BCUT2D eigenvalue weighted by molar-refractivity contribution is -0.128. The van der Waals surface area contributed by atoms with Gasteiger partial charge in [0.25, 0.3) is 11.1 Å². The van der Waals surface area contributed by atoms with Crippen LogP contribution >= 0.6 is 0 Å². The summed E-state index contributed by atoms with van der Waals surface area (Å²) in [5, 5.41) is 7.31. The van der Waals surface area contributed by atoms with Crippen LogP contribution in [-0.2, 0) is 44.9 Å². The summed E-state index contributed by atoms with van der Waals surface area (Å²) in [5.41, 5.74) is 26.6. The molecular weight excluding hydrogens is 809 g/mol. The van der Waals surface area contributed by atoms with Gasteiger partial charge in [-0.1, -0.05) is 97.1 Å². The summed E-state index contributed by atoms with van der Waals surface area (Å²) < 4.78 is 0. The van der Waals surface area contributed by atoms with Gasteiger partial charge < -0.3 is 43.5 Å². The SMILES string of the molecule is NCCC[C@H](N)C(=O)N[C@H](CCc1ccccc1)C(=O)Cc1cc2ccccc2[nH]c1=O.NCCC[C@H](N)C(=O)N[C@H](CCc1ccccc1)C(=O)Cc1cc2ccccc2[nH]c1=O. The summed E-state index contributed by atoms with van der Waals surface area (Å²) in [6.07, 6.45) is 4.09. The first-order valence-corrected chi connectivity index (χ1v) is 21.8. The minimum Gasteiger partial charge on any atom is -0.345 e. The van der Waals surface area contributed by atoms with E-state index < -0.39 is 24.2 Å². The van der Waals surface area contributed by atoms with Crippen molar-refractivity contribution < 1.29 is 19.2 Å². The van der Waals surface area contributed by atoms with Crippen LogP contribution in [0, 0.1) is 0 Å². The Balaban J connectivity index is 0.000000241. The van der Waals surface area contributed by atoms with Crippen LogP contribution in [0.3, 0.4) is 0 Å². The molecule has 0 radical (unpaired) electrons. The van der Waals surface area contributed by atoms with Crippen LogP contribution in [0.4, 0.5) is 0 Å². The first-order chi connectivity index (χ1) is 30.9. The maximum absolute atomic E-state index is 13.2. The Morgan fingerprint density at radius 3 is 1.23 bits per heavy atom. The molecule has 0 aliphatic rings. The van der Waals surface area contributed by atoms with E-state index in [2.05, 4.69) is 20.6 Å². The van der Waals surface area contributed by atoms with Gasteiger partial charge in [0, 0.05) is 35.0 Å².